The van der Waals surface area contributed by atoms with E-state index in [0.717, 1.165) is 5.56 Å². The van der Waals surface area contributed by atoms with Gasteiger partial charge in [0.25, 0.3) is 0 Å². The maximum atomic E-state index is 11.3. The number of primary amides is 1. The van der Waals surface area contributed by atoms with Crippen LogP contribution in [0.3, 0.4) is 0 Å². The van der Waals surface area contributed by atoms with Gasteiger partial charge in [-0.15, -0.1) is 0 Å². The molecular formula is C11H14Cl2N2O. The summed E-state index contributed by atoms with van der Waals surface area (Å²) in [7, 11) is 0. The molecular weight excluding hydrogens is 247 g/mol. The summed E-state index contributed by atoms with van der Waals surface area (Å²) in [5.41, 5.74) is 6.05. The molecule has 1 unspecified atom stereocenters. The molecule has 0 bridgehead atoms. The van der Waals surface area contributed by atoms with Crippen LogP contribution in [-0.2, 0) is 4.79 Å². The maximum Gasteiger partial charge on any atom is 0.239 e. The molecule has 0 fully saturated rings. The zero-order chi connectivity index (χ0) is 12.3. The second kappa shape index (κ2) is 5.53. The number of carbonyl (C=O) groups is 1. The topological polar surface area (TPSA) is 55.1 Å². The van der Waals surface area contributed by atoms with E-state index in [9.17, 15) is 4.79 Å². The summed E-state index contributed by atoms with van der Waals surface area (Å²) >= 11 is 11.7. The molecule has 1 aromatic carbocycles. The van der Waals surface area contributed by atoms with Gasteiger partial charge in [0.15, 0.2) is 0 Å². The molecule has 1 aromatic rings. The van der Waals surface area contributed by atoms with Gasteiger partial charge in [0.1, 0.15) is 6.04 Å². The van der Waals surface area contributed by atoms with Crippen molar-refractivity contribution >= 4 is 29.1 Å². The Morgan fingerprint density at radius 1 is 1.31 bits per heavy atom. The van der Waals surface area contributed by atoms with Crippen LogP contribution >= 0.6 is 23.2 Å². The van der Waals surface area contributed by atoms with E-state index in [0.29, 0.717) is 10.0 Å². The molecule has 0 spiro atoms. The number of nitrogens with two attached hydrogens (primary N) is 1. The van der Waals surface area contributed by atoms with Crippen molar-refractivity contribution < 1.29 is 4.79 Å². The van der Waals surface area contributed by atoms with Gasteiger partial charge in [-0.05, 0) is 31.5 Å². The number of carbonyl (C=O) groups excluding carboxylic acids is 1. The minimum atomic E-state index is -0.547. The van der Waals surface area contributed by atoms with Crippen LogP contribution in [0.4, 0.5) is 0 Å². The Balaban J connectivity index is 3.01. The summed E-state index contributed by atoms with van der Waals surface area (Å²) < 4.78 is 0. The summed E-state index contributed by atoms with van der Waals surface area (Å²) in [5.74, 6) is -0.438. The third-order valence-electron chi connectivity index (χ3n) is 2.06. The lowest BCUT2D eigenvalue weighted by Crippen LogP contribution is -2.37. The van der Waals surface area contributed by atoms with Crippen molar-refractivity contribution in [3.63, 3.8) is 0 Å². The molecule has 3 nitrogen and oxygen atoms in total. The Kier molecular flexibility index (Phi) is 4.59. The molecule has 0 aliphatic carbocycles. The van der Waals surface area contributed by atoms with E-state index >= 15 is 0 Å². The Bertz CT molecular complexity index is 394. The molecule has 0 radical (unpaired) electrons. The molecule has 88 valence electrons. The largest absolute Gasteiger partial charge is 0.368 e. The van der Waals surface area contributed by atoms with Crippen molar-refractivity contribution in [1.29, 1.82) is 0 Å². The van der Waals surface area contributed by atoms with E-state index in [1.807, 2.05) is 13.8 Å². The Morgan fingerprint density at radius 2 is 1.94 bits per heavy atom. The molecule has 0 saturated heterocycles. The molecule has 0 aliphatic rings. The molecule has 0 heterocycles. The zero-order valence-electron chi connectivity index (χ0n) is 9.13. The molecule has 0 aliphatic heterocycles. The van der Waals surface area contributed by atoms with Crippen molar-refractivity contribution in [3.05, 3.63) is 33.8 Å². The number of hydrogen-bond acceptors (Lipinski definition) is 2. The molecule has 3 N–H and O–H groups in total. The maximum absolute atomic E-state index is 11.3. The van der Waals surface area contributed by atoms with Crippen LogP contribution in [0, 0.1) is 0 Å². The normalized spacial score (nSPS) is 12.8. The smallest absolute Gasteiger partial charge is 0.239 e. The van der Waals surface area contributed by atoms with E-state index in [-0.39, 0.29) is 6.04 Å². The highest BCUT2D eigenvalue weighted by Crippen LogP contribution is 2.25. The van der Waals surface area contributed by atoms with Gasteiger partial charge in [0.2, 0.25) is 5.91 Å². The third kappa shape index (κ3) is 3.37. The molecule has 1 rings (SSSR count). The number of benzene rings is 1. The Labute approximate surface area is 105 Å². The fraction of sp³-hybridized carbons (Fsp3) is 0.364. The van der Waals surface area contributed by atoms with Crippen LogP contribution in [-0.4, -0.2) is 11.9 Å². The van der Waals surface area contributed by atoms with Gasteiger partial charge in [0, 0.05) is 6.04 Å². The van der Waals surface area contributed by atoms with Crippen molar-refractivity contribution in [3.8, 4) is 0 Å². The molecule has 1 atom stereocenters. The van der Waals surface area contributed by atoms with Gasteiger partial charge >= 0.3 is 0 Å². The number of rotatable bonds is 4. The van der Waals surface area contributed by atoms with Crippen LogP contribution in [0.1, 0.15) is 25.5 Å². The van der Waals surface area contributed by atoms with E-state index < -0.39 is 11.9 Å². The van der Waals surface area contributed by atoms with E-state index in [2.05, 4.69) is 5.32 Å². The van der Waals surface area contributed by atoms with Crippen LogP contribution in [0.5, 0.6) is 0 Å². The van der Waals surface area contributed by atoms with Gasteiger partial charge in [0.05, 0.1) is 10.0 Å². The van der Waals surface area contributed by atoms with Gasteiger partial charge in [-0.2, -0.15) is 0 Å². The van der Waals surface area contributed by atoms with Crippen LogP contribution in [0.15, 0.2) is 18.2 Å². The highest BCUT2D eigenvalue weighted by molar-refractivity contribution is 6.42. The lowest BCUT2D eigenvalue weighted by Gasteiger charge is -2.18. The SMILES string of the molecule is CC(C)NC(C(N)=O)c1ccc(Cl)c(Cl)c1. The van der Waals surface area contributed by atoms with Crippen LogP contribution < -0.4 is 11.1 Å². The van der Waals surface area contributed by atoms with Gasteiger partial charge in [-0.3, -0.25) is 10.1 Å². The number of nitrogens with one attached hydrogen (secondary N) is 1. The fourth-order valence-electron chi connectivity index (χ4n) is 1.37. The van der Waals surface area contributed by atoms with E-state index in [4.69, 9.17) is 28.9 Å². The summed E-state index contributed by atoms with van der Waals surface area (Å²) in [6.07, 6.45) is 0. The van der Waals surface area contributed by atoms with Crippen molar-refractivity contribution in [2.75, 3.05) is 0 Å². The van der Waals surface area contributed by atoms with Gasteiger partial charge < -0.3 is 5.73 Å². The fourth-order valence-corrected chi connectivity index (χ4v) is 1.67. The number of halogens is 2. The molecule has 0 saturated carbocycles. The molecule has 16 heavy (non-hydrogen) atoms. The standard InChI is InChI=1S/C11H14Cl2N2O/c1-6(2)15-10(11(14)16)7-3-4-8(12)9(13)5-7/h3-6,10,15H,1-2H3,(H2,14,16). The van der Waals surface area contributed by atoms with Crippen LogP contribution in [0.2, 0.25) is 10.0 Å². The number of amides is 1. The predicted octanol–water partition coefficient (Wildman–Crippen LogP) is 2.52. The summed E-state index contributed by atoms with van der Waals surface area (Å²) in [6, 6.07) is 4.63. The average Bonchev–Trinajstić information content (AvgIpc) is 2.18. The van der Waals surface area contributed by atoms with Gasteiger partial charge in [-0.25, -0.2) is 0 Å². The first-order valence-corrected chi connectivity index (χ1v) is 5.67. The van der Waals surface area contributed by atoms with Crippen LogP contribution in [0.25, 0.3) is 0 Å². The molecule has 1 amide bonds. The second-order valence-corrected chi connectivity index (χ2v) is 4.64. The lowest BCUT2D eigenvalue weighted by atomic mass is 10.1. The minimum absolute atomic E-state index is 0.145. The molecule has 5 heteroatoms. The minimum Gasteiger partial charge on any atom is -0.368 e. The summed E-state index contributed by atoms with van der Waals surface area (Å²) in [5, 5.41) is 3.94. The van der Waals surface area contributed by atoms with E-state index in [1.54, 1.807) is 18.2 Å². The average molecular weight is 261 g/mol. The first kappa shape index (κ1) is 13.3. The molecule has 0 aromatic heterocycles. The van der Waals surface area contributed by atoms with E-state index in [1.165, 1.54) is 0 Å². The Hall–Kier alpha value is -0.770. The van der Waals surface area contributed by atoms with Crippen molar-refractivity contribution in [2.24, 2.45) is 5.73 Å². The Morgan fingerprint density at radius 3 is 2.38 bits per heavy atom. The highest BCUT2D eigenvalue weighted by Gasteiger charge is 2.19. The number of hydrogen-bond donors (Lipinski definition) is 2. The van der Waals surface area contributed by atoms with Crippen molar-refractivity contribution in [1.82, 2.24) is 5.32 Å². The quantitative estimate of drug-likeness (QED) is 0.874. The lowest BCUT2D eigenvalue weighted by molar-refractivity contribution is -0.120. The first-order valence-electron chi connectivity index (χ1n) is 4.92. The first-order chi connectivity index (χ1) is 7.41. The monoisotopic (exact) mass is 260 g/mol. The second-order valence-electron chi connectivity index (χ2n) is 3.83. The summed E-state index contributed by atoms with van der Waals surface area (Å²) in [4.78, 5) is 11.3. The third-order valence-corrected chi connectivity index (χ3v) is 2.80. The van der Waals surface area contributed by atoms with Gasteiger partial charge in [-0.1, -0.05) is 29.3 Å². The highest BCUT2D eigenvalue weighted by atomic mass is 35.5. The summed E-state index contributed by atoms with van der Waals surface area (Å²) in [6.45, 7) is 3.88. The zero-order valence-corrected chi connectivity index (χ0v) is 10.6. The van der Waals surface area contributed by atoms with Crippen molar-refractivity contribution in [2.45, 2.75) is 25.9 Å². The predicted molar refractivity (Wildman–Crippen MR) is 66.7 cm³/mol.